The Kier molecular flexibility index (Phi) is 7.22. The van der Waals surface area contributed by atoms with Gasteiger partial charge in [0.15, 0.2) is 0 Å². The molecule has 1 aromatic heterocycles. The summed E-state index contributed by atoms with van der Waals surface area (Å²) in [5.74, 6) is 0.610. The number of benzene rings is 2. The van der Waals surface area contributed by atoms with Crippen molar-refractivity contribution in [1.82, 2.24) is 9.55 Å². The molecule has 1 aliphatic rings. The van der Waals surface area contributed by atoms with Gasteiger partial charge < -0.3 is 0 Å². The second-order valence-corrected chi connectivity index (χ2v) is 9.09. The molecule has 1 amide bonds. The molecule has 0 N–H and O–H groups in total. The van der Waals surface area contributed by atoms with E-state index in [2.05, 4.69) is 6.47 Å². The number of carbonyl (C=O) groups excluding carboxylic acids is 2. The summed E-state index contributed by atoms with van der Waals surface area (Å²) in [4.78, 5) is 32.9. The van der Waals surface area contributed by atoms with E-state index in [-0.39, 0.29) is 36.6 Å². The predicted octanol–water partition coefficient (Wildman–Crippen LogP) is 3.23. The van der Waals surface area contributed by atoms with Crippen LogP contribution in [0.3, 0.4) is 0 Å². The van der Waals surface area contributed by atoms with Gasteiger partial charge in [-0.15, -0.1) is 0 Å². The van der Waals surface area contributed by atoms with Crippen LogP contribution >= 0.6 is 0 Å². The normalized spacial score (nSPS) is 15.9. The Morgan fingerprint density at radius 2 is 1.82 bits per heavy atom. The van der Waals surface area contributed by atoms with Gasteiger partial charge >= 0.3 is 195 Å². The standard InChI is InChI=1S/C27H30BN3O3/c1-18(2)22-14-23(32)25-26(30(4)27(22)33)29-24(17-34-16-19-9-6-5-7-10-19)31(25)15-20-11-8-12-21(13-20)28-3/h5-13,18,22H,3,14-17H2,1-2,4H3. The number of amides is 1. The minimum atomic E-state index is -0.359. The van der Waals surface area contributed by atoms with E-state index in [1.54, 1.807) is 18.9 Å². The Bertz CT molecular complexity index is 1200. The van der Waals surface area contributed by atoms with Crippen LogP contribution in [0.25, 0.3) is 0 Å². The second kappa shape index (κ2) is 10.3. The number of nitrogens with zero attached hydrogens (tertiary/aromatic N) is 3. The first-order valence-corrected chi connectivity index (χ1v) is 11.6. The Balaban J connectivity index is 1.71. The fraction of sp³-hybridized carbons (Fsp3) is 0.333. The van der Waals surface area contributed by atoms with Crippen LogP contribution in [0.2, 0.25) is 0 Å². The van der Waals surface area contributed by atoms with E-state index >= 15 is 0 Å². The van der Waals surface area contributed by atoms with Crippen LogP contribution < -0.4 is 10.4 Å². The van der Waals surface area contributed by atoms with Crippen LogP contribution in [-0.4, -0.2) is 41.7 Å². The van der Waals surface area contributed by atoms with E-state index in [9.17, 15) is 9.59 Å². The Morgan fingerprint density at radius 1 is 1.09 bits per heavy atom. The van der Waals surface area contributed by atoms with E-state index in [1.165, 1.54) is 0 Å². The average Bonchev–Trinajstić information content (AvgIpc) is 3.15. The molecule has 2 heterocycles. The number of aromatic nitrogens is 2. The van der Waals surface area contributed by atoms with E-state index in [4.69, 9.17) is 9.72 Å². The zero-order valence-electron chi connectivity index (χ0n) is 20.0. The van der Waals surface area contributed by atoms with Gasteiger partial charge in [-0.05, 0) is 0 Å². The van der Waals surface area contributed by atoms with Crippen molar-refractivity contribution in [2.24, 2.45) is 11.8 Å². The molecule has 4 rings (SSSR count). The van der Waals surface area contributed by atoms with E-state index in [1.807, 2.05) is 73.0 Å². The molecule has 174 valence electrons. The van der Waals surface area contributed by atoms with Crippen molar-refractivity contribution in [3.05, 3.63) is 77.2 Å². The number of rotatable bonds is 8. The third-order valence-electron chi connectivity index (χ3n) is 6.34. The summed E-state index contributed by atoms with van der Waals surface area (Å²) in [6.45, 7) is 10.7. The average molecular weight is 455 g/mol. The second-order valence-electron chi connectivity index (χ2n) is 9.09. The SMILES string of the molecule is C=Bc1cccc(Cn2c(COCc3ccccc3)nc3c2C(=O)CC(C(C)C)C(=O)N3C)c1. The molecular weight excluding hydrogens is 425 g/mol. The summed E-state index contributed by atoms with van der Waals surface area (Å²) in [7, 11) is 1.71. The number of ketones is 1. The van der Waals surface area contributed by atoms with Crippen LogP contribution in [0.15, 0.2) is 54.6 Å². The molecule has 1 aliphatic heterocycles. The van der Waals surface area contributed by atoms with Crippen molar-refractivity contribution in [3.63, 3.8) is 0 Å². The van der Waals surface area contributed by atoms with E-state index in [0.29, 0.717) is 30.5 Å². The number of hydrogen-bond acceptors (Lipinski definition) is 4. The van der Waals surface area contributed by atoms with Crippen LogP contribution in [-0.2, 0) is 29.3 Å². The molecule has 0 fully saturated rings. The summed E-state index contributed by atoms with van der Waals surface area (Å²) >= 11 is 0. The topological polar surface area (TPSA) is 64.4 Å². The maximum absolute atomic E-state index is 13.5. The predicted molar refractivity (Wildman–Crippen MR) is 136 cm³/mol. The van der Waals surface area contributed by atoms with Crippen molar-refractivity contribution in [3.8, 4) is 0 Å². The molecule has 0 radical (unpaired) electrons. The molecule has 0 bridgehead atoms. The molecule has 0 aliphatic carbocycles. The van der Waals surface area contributed by atoms with Crippen molar-refractivity contribution in [2.45, 2.75) is 40.0 Å². The first-order valence-electron chi connectivity index (χ1n) is 11.6. The number of fused-ring (bicyclic) bond motifs is 1. The summed E-state index contributed by atoms with van der Waals surface area (Å²) < 4.78 is 7.89. The quantitative estimate of drug-likeness (QED) is 0.490. The van der Waals surface area contributed by atoms with Gasteiger partial charge in [-0.2, -0.15) is 0 Å². The third-order valence-corrected chi connectivity index (χ3v) is 6.34. The zero-order chi connectivity index (χ0) is 24.2. The molecule has 1 unspecified atom stereocenters. The molecule has 0 saturated heterocycles. The molecular formula is C27H30BN3O3. The van der Waals surface area contributed by atoms with Gasteiger partial charge in [0.25, 0.3) is 0 Å². The summed E-state index contributed by atoms with van der Waals surface area (Å²) in [5.41, 5.74) is 3.56. The van der Waals surface area contributed by atoms with Gasteiger partial charge in [0.2, 0.25) is 0 Å². The third kappa shape index (κ3) is 4.94. The van der Waals surface area contributed by atoms with Gasteiger partial charge in [0, 0.05) is 0 Å². The van der Waals surface area contributed by atoms with Crippen LogP contribution in [0.5, 0.6) is 0 Å². The zero-order valence-corrected chi connectivity index (χ0v) is 20.0. The minimum absolute atomic E-state index is 0.0620. The Morgan fingerprint density at radius 3 is 2.53 bits per heavy atom. The van der Waals surface area contributed by atoms with Gasteiger partial charge in [0.1, 0.15) is 0 Å². The maximum atomic E-state index is 13.5. The molecule has 6 nitrogen and oxygen atoms in total. The molecule has 2 aromatic carbocycles. The molecule has 3 aromatic rings. The van der Waals surface area contributed by atoms with Crippen LogP contribution in [0.1, 0.15) is 47.7 Å². The van der Waals surface area contributed by atoms with Crippen LogP contribution in [0, 0.1) is 11.8 Å². The molecule has 0 saturated carbocycles. The van der Waals surface area contributed by atoms with Crippen molar-refractivity contribution in [2.75, 3.05) is 11.9 Å². The first kappa shape index (κ1) is 23.8. The van der Waals surface area contributed by atoms with Crippen molar-refractivity contribution < 1.29 is 14.3 Å². The molecule has 0 spiro atoms. The van der Waals surface area contributed by atoms with E-state index < -0.39 is 0 Å². The monoisotopic (exact) mass is 455 g/mol. The number of Topliss-reactive ketones (excluding diaryl/α,β-unsaturated/α-hetero) is 1. The molecule has 7 heteroatoms. The fourth-order valence-corrected chi connectivity index (χ4v) is 4.37. The molecule has 34 heavy (non-hydrogen) atoms. The summed E-state index contributed by atoms with van der Waals surface area (Å²) in [6, 6.07) is 17.9. The number of hydrogen-bond donors (Lipinski definition) is 0. The Labute approximate surface area is 201 Å². The first-order chi connectivity index (χ1) is 16.4. The van der Waals surface area contributed by atoms with E-state index in [0.717, 1.165) is 16.6 Å². The van der Waals surface area contributed by atoms with Gasteiger partial charge in [-0.3, -0.25) is 0 Å². The number of anilines is 1. The van der Waals surface area contributed by atoms with Crippen molar-refractivity contribution in [1.29, 1.82) is 0 Å². The number of ether oxygens (including phenoxy) is 1. The van der Waals surface area contributed by atoms with Gasteiger partial charge in [-0.1, -0.05) is 6.07 Å². The van der Waals surface area contributed by atoms with Crippen LogP contribution in [0.4, 0.5) is 5.82 Å². The Hall–Kier alpha value is -3.32. The number of imidazole rings is 1. The summed E-state index contributed by atoms with van der Waals surface area (Å²) in [6.07, 6.45) is 0.177. The van der Waals surface area contributed by atoms with Gasteiger partial charge in [0.05, 0.1) is 0 Å². The fourth-order valence-electron chi connectivity index (χ4n) is 4.37. The number of carbonyl (C=O) groups is 2. The summed E-state index contributed by atoms with van der Waals surface area (Å²) in [5, 5.41) is 0. The van der Waals surface area contributed by atoms with Gasteiger partial charge in [-0.25, -0.2) is 0 Å². The van der Waals surface area contributed by atoms with Crippen molar-refractivity contribution >= 4 is 36.4 Å². The molecule has 1 atom stereocenters.